The minimum atomic E-state index is -4.54. The van der Waals surface area contributed by atoms with Crippen LogP contribution in [0.4, 0.5) is 18.3 Å². The highest BCUT2D eigenvalue weighted by Gasteiger charge is 2.34. The Morgan fingerprint density at radius 2 is 2.00 bits per heavy atom. The van der Waals surface area contributed by atoms with E-state index < -0.39 is 11.9 Å². The van der Waals surface area contributed by atoms with E-state index in [2.05, 4.69) is 9.97 Å². The monoisotopic (exact) mass is 477 g/mol. The third-order valence-electron chi connectivity index (χ3n) is 5.46. The molecule has 0 radical (unpaired) electrons. The lowest BCUT2D eigenvalue weighted by Gasteiger charge is -2.22. The van der Waals surface area contributed by atoms with Gasteiger partial charge >= 0.3 is 6.18 Å². The third kappa shape index (κ3) is 3.87. The Morgan fingerprint density at radius 1 is 1.19 bits per heavy atom. The second kappa shape index (κ2) is 8.09. The molecule has 5 nitrogen and oxygen atoms in total. The number of benzene rings is 1. The van der Waals surface area contributed by atoms with Crippen molar-refractivity contribution in [3.05, 3.63) is 52.5 Å². The number of anilines is 1. The molecule has 0 bridgehead atoms. The number of ether oxygens (including phenoxy) is 1. The van der Waals surface area contributed by atoms with E-state index in [-0.39, 0.29) is 16.8 Å². The molecule has 0 N–H and O–H groups in total. The topological polar surface area (TPSA) is 55.3 Å². The minimum absolute atomic E-state index is 0.101. The van der Waals surface area contributed by atoms with Crippen molar-refractivity contribution in [3.63, 3.8) is 0 Å². The van der Waals surface area contributed by atoms with Crippen molar-refractivity contribution in [1.29, 1.82) is 0 Å². The van der Waals surface area contributed by atoms with Crippen LogP contribution in [0, 0.1) is 6.92 Å². The second-order valence-corrected chi connectivity index (χ2v) is 9.63. The van der Waals surface area contributed by atoms with Crippen LogP contribution in [-0.2, 0) is 10.9 Å². The lowest BCUT2D eigenvalue weighted by Crippen LogP contribution is -2.37. The molecule has 1 unspecified atom stereocenters. The summed E-state index contributed by atoms with van der Waals surface area (Å²) in [6.07, 6.45) is -2.87. The molecule has 0 saturated carbocycles. The lowest BCUT2D eigenvalue weighted by atomic mass is 10.1. The van der Waals surface area contributed by atoms with Crippen molar-refractivity contribution in [2.75, 3.05) is 18.1 Å². The van der Waals surface area contributed by atoms with E-state index in [0.29, 0.717) is 34.1 Å². The number of thiazole rings is 1. The quantitative estimate of drug-likeness (QED) is 0.359. The van der Waals surface area contributed by atoms with Gasteiger partial charge in [-0.1, -0.05) is 23.5 Å². The number of hydrogen-bond acceptors (Lipinski definition) is 6. The Hall–Kier alpha value is -2.56. The van der Waals surface area contributed by atoms with Crippen LogP contribution < -0.4 is 4.90 Å². The van der Waals surface area contributed by atoms with Gasteiger partial charge in [-0.2, -0.15) is 13.2 Å². The van der Waals surface area contributed by atoms with Gasteiger partial charge in [0.15, 0.2) is 5.13 Å². The van der Waals surface area contributed by atoms with Crippen LogP contribution in [0.1, 0.15) is 33.8 Å². The molecule has 0 aliphatic carbocycles. The first-order valence-corrected chi connectivity index (χ1v) is 11.7. The maximum Gasteiger partial charge on any atom is 0.433 e. The van der Waals surface area contributed by atoms with Crippen LogP contribution in [0.2, 0.25) is 0 Å². The average molecular weight is 478 g/mol. The number of carbonyl (C=O) groups is 1. The number of aromatic nitrogens is 2. The van der Waals surface area contributed by atoms with E-state index in [4.69, 9.17) is 4.74 Å². The van der Waals surface area contributed by atoms with Crippen molar-refractivity contribution in [3.8, 4) is 0 Å². The van der Waals surface area contributed by atoms with Crippen LogP contribution in [0.25, 0.3) is 20.4 Å². The van der Waals surface area contributed by atoms with Gasteiger partial charge in [-0.25, -0.2) is 9.97 Å². The first-order chi connectivity index (χ1) is 15.3. The molecule has 1 saturated heterocycles. The molecule has 5 rings (SSSR count). The molecule has 4 aromatic rings. The predicted molar refractivity (Wildman–Crippen MR) is 120 cm³/mol. The van der Waals surface area contributed by atoms with Gasteiger partial charge in [0.1, 0.15) is 10.5 Å². The highest BCUT2D eigenvalue weighted by atomic mass is 32.1. The van der Waals surface area contributed by atoms with Crippen LogP contribution in [0.5, 0.6) is 0 Å². The Kier molecular flexibility index (Phi) is 5.39. The molecular weight excluding hydrogens is 459 g/mol. The van der Waals surface area contributed by atoms with Gasteiger partial charge in [0.2, 0.25) is 0 Å². The van der Waals surface area contributed by atoms with Gasteiger partial charge in [-0.05, 0) is 49.6 Å². The van der Waals surface area contributed by atoms with Gasteiger partial charge in [-0.3, -0.25) is 9.69 Å². The Balaban J connectivity index is 1.57. The number of amides is 1. The fourth-order valence-electron chi connectivity index (χ4n) is 3.80. The van der Waals surface area contributed by atoms with E-state index in [1.165, 1.54) is 17.4 Å². The zero-order valence-electron chi connectivity index (χ0n) is 17.0. The molecule has 1 aliphatic rings. The summed E-state index contributed by atoms with van der Waals surface area (Å²) in [5.74, 6) is -0.298. The molecule has 0 spiro atoms. The van der Waals surface area contributed by atoms with Crippen molar-refractivity contribution >= 4 is 54.1 Å². The summed E-state index contributed by atoms with van der Waals surface area (Å²) in [4.78, 5) is 24.2. The highest BCUT2D eigenvalue weighted by molar-refractivity contribution is 7.23. The fourth-order valence-corrected chi connectivity index (χ4v) is 5.90. The van der Waals surface area contributed by atoms with Crippen molar-refractivity contribution in [2.45, 2.75) is 32.0 Å². The highest BCUT2D eigenvalue weighted by Crippen LogP contribution is 2.37. The molecule has 1 aliphatic heterocycles. The molecule has 1 atom stereocenters. The molecule has 1 fully saturated rings. The number of thiophene rings is 1. The van der Waals surface area contributed by atoms with Crippen LogP contribution >= 0.6 is 22.7 Å². The number of hydrogen-bond donors (Lipinski definition) is 0. The number of para-hydroxylation sites is 1. The largest absolute Gasteiger partial charge is 0.433 e. The fraction of sp³-hybridized carbons (Fsp3) is 0.318. The van der Waals surface area contributed by atoms with Crippen molar-refractivity contribution in [1.82, 2.24) is 9.97 Å². The molecule has 1 amide bonds. The van der Waals surface area contributed by atoms with E-state index in [1.54, 1.807) is 11.8 Å². The van der Waals surface area contributed by atoms with E-state index in [1.807, 2.05) is 24.3 Å². The summed E-state index contributed by atoms with van der Waals surface area (Å²) >= 11 is 2.39. The maximum atomic E-state index is 13.7. The molecule has 3 aromatic heterocycles. The maximum absolute atomic E-state index is 13.7. The van der Waals surface area contributed by atoms with Gasteiger partial charge in [0, 0.05) is 12.0 Å². The number of nitrogens with zero attached hydrogens (tertiary/aromatic N) is 3. The summed E-state index contributed by atoms with van der Waals surface area (Å²) in [5.41, 5.74) is 0.449. The molecule has 166 valence electrons. The summed E-state index contributed by atoms with van der Waals surface area (Å²) in [6.45, 7) is 2.73. The third-order valence-corrected chi connectivity index (χ3v) is 7.71. The van der Waals surface area contributed by atoms with E-state index in [0.717, 1.165) is 40.5 Å². The number of carbonyl (C=O) groups excluding carboxylic acids is 1. The van der Waals surface area contributed by atoms with Gasteiger partial charge in [-0.15, -0.1) is 11.3 Å². The van der Waals surface area contributed by atoms with Crippen LogP contribution in [0.15, 0.2) is 36.4 Å². The number of pyridine rings is 1. The number of alkyl halides is 3. The SMILES string of the molecule is Cc1c(C(=O)N(CC2CCCO2)c2nc3ccccc3s2)sc2nc(C(F)(F)F)ccc12. The number of rotatable bonds is 4. The predicted octanol–water partition coefficient (Wildman–Crippen LogP) is 6.06. The molecule has 1 aromatic carbocycles. The van der Waals surface area contributed by atoms with Gasteiger partial charge in [0.05, 0.1) is 27.7 Å². The summed E-state index contributed by atoms with van der Waals surface area (Å²) in [5, 5.41) is 1.10. The first kappa shape index (κ1) is 21.3. The van der Waals surface area contributed by atoms with Crippen molar-refractivity contribution < 1.29 is 22.7 Å². The van der Waals surface area contributed by atoms with Gasteiger partial charge in [0.25, 0.3) is 5.91 Å². The van der Waals surface area contributed by atoms with Crippen LogP contribution in [0.3, 0.4) is 0 Å². The zero-order chi connectivity index (χ0) is 22.5. The van der Waals surface area contributed by atoms with E-state index in [9.17, 15) is 18.0 Å². The van der Waals surface area contributed by atoms with Gasteiger partial charge < -0.3 is 4.74 Å². The molecular formula is C22H18F3N3O2S2. The summed E-state index contributed by atoms with van der Waals surface area (Å²) in [6, 6.07) is 9.97. The normalized spacial score (nSPS) is 16.8. The Bertz CT molecular complexity index is 1280. The van der Waals surface area contributed by atoms with Crippen LogP contribution in [-0.4, -0.2) is 35.1 Å². The molecule has 32 heavy (non-hydrogen) atoms. The van der Waals surface area contributed by atoms with E-state index >= 15 is 0 Å². The first-order valence-electron chi connectivity index (χ1n) is 10.1. The summed E-state index contributed by atoms with van der Waals surface area (Å²) in [7, 11) is 0. The smallest absolute Gasteiger partial charge is 0.376 e. The minimum Gasteiger partial charge on any atom is -0.376 e. The van der Waals surface area contributed by atoms with Crippen molar-refractivity contribution in [2.24, 2.45) is 0 Å². The Morgan fingerprint density at radius 3 is 2.72 bits per heavy atom. The number of aryl methyl sites for hydroxylation is 1. The number of fused-ring (bicyclic) bond motifs is 2. The summed E-state index contributed by atoms with van der Waals surface area (Å²) < 4.78 is 46.0. The standard InChI is InChI=1S/C22H18F3N3O2S2/c1-12-14-8-9-17(22(23,24)25)27-19(14)32-18(12)20(29)28(11-13-5-4-10-30-13)21-26-15-6-2-3-7-16(15)31-21/h2-3,6-9,13H,4-5,10-11H2,1H3. The molecule has 4 heterocycles. The molecule has 10 heteroatoms. The lowest BCUT2D eigenvalue weighted by molar-refractivity contribution is -0.140. The second-order valence-electron chi connectivity index (χ2n) is 7.62. The number of halogens is 3. The average Bonchev–Trinajstić information content (AvgIpc) is 3.49. The zero-order valence-corrected chi connectivity index (χ0v) is 18.6. The Labute approximate surface area is 189 Å².